The van der Waals surface area contributed by atoms with E-state index in [1.807, 2.05) is 0 Å². The van der Waals surface area contributed by atoms with Crippen molar-refractivity contribution in [1.29, 1.82) is 0 Å². The normalized spacial score (nSPS) is 29.9. The molecule has 4 nitrogen and oxygen atoms in total. The summed E-state index contributed by atoms with van der Waals surface area (Å²) in [5, 5.41) is 0. The van der Waals surface area contributed by atoms with Gasteiger partial charge in [0.05, 0.1) is 25.4 Å². The molecule has 1 heterocycles. The van der Waals surface area contributed by atoms with Crippen LogP contribution in [0.5, 0.6) is 0 Å². The summed E-state index contributed by atoms with van der Waals surface area (Å²) in [7, 11) is 0. The Labute approximate surface area is 386 Å². The van der Waals surface area contributed by atoms with E-state index in [1.165, 1.54) is 206 Å². The van der Waals surface area contributed by atoms with E-state index in [1.54, 1.807) is 5.57 Å². The largest absolute Gasteiger partial charge is 0.380 e. The molecule has 62 heavy (non-hydrogen) atoms. The summed E-state index contributed by atoms with van der Waals surface area (Å²) in [6.07, 6.45) is 49.9. The Morgan fingerprint density at radius 2 is 1.27 bits per heavy atom. The quantitative estimate of drug-likeness (QED) is 0.0476. The summed E-state index contributed by atoms with van der Waals surface area (Å²) in [4.78, 5) is 2.63. The number of allylic oxidation sites excluding steroid dienone is 3. The number of hydrogen-bond donors (Lipinski definition) is 0. The van der Waals surface area contributed by atoms with E-state index in [2.05, 4.69) is 64.7 Å². The van der Waals surface area contributed by atoms with Crippen molar-refractivity contribution < 1.29 is 14.2 Å². The second kappa shape index (κ2) is 29.2. The molecule has 0 aromatic rings. The van der Waals surface area contributed by atoms with Gasteiger partial charge in [-0.25, -0.2) is 0 Å². The van der Waals surface area contributed by atoms with Crippen molar-refractivity contribution in [3.05, 3.63) is 23.8 Å². The summed E-state index contributed by atoms with van der Waals surface area (Å²) in [6, 6.07) is 0.425. The lowest BCUT2D eigenvalue weighted by Crippen LogP contribution is -2.51. The molecule has 9 atom stereocenters. The highest BCUT2D eigenvalue weighted by Gasteiger charge is 2.59. The average Bonchev–Trinajstić information content (AvgIpc) is 3.93. The van der Waals surface area contributed by atoms with Gasteiger partial charge >= 0.3 is 0 Å². The van der Waals surface area contributed by atoms with Gasteiger partial charge in [-0.05, 0) is 169 Å². The van der Waals surface area contributed by atoms with Crippen LogP contribution < -0.4 is 0 Å². The Kier molecular flexibility index (Phi) is 24.6. The maximum Gasteiger partial charge on any atom is 0.0644 e. The van der Waals surface area contributed by atoms with Crippen molar-refractivity contribution in [3.8, 4) is 0 Å². The molecule has 3 saturated carbocycles. The fourth-order valence-corrected chi connectivity index (χ4v) is 14.0. The zero-order valence-electron chi connectivity index (χ0n) is 42.4. The SMILES string of the molecule is CCCCCCCC/C=C\CCCCCCCCOC[C@@H](COCCCCCCO[C@H]1CC[C@@]2(C)C(=CC[C@H]3C4CCC([C@H](C)CCCC(C)C)[C@@]4(C)CCC32)C1)N1CCCC1. The third-order valence-electron chi connectivity index (χ3n) is 17.9. The van der Waals surface area contributed by atoms with Gasteiger partial charge in [0.15, 0.2) is 0 Å². The molecule has 0 aromatic carbocycles. The van der Waals surface area contributed by atoms with Crippen molar-refractivity contribution in [2.24, 2.45) is 46.3 Å². The van der Waals surface area contributed by atoms with Gasteiger partial charge in [0.2, 0.25) is 0 Å². The zero-order valence-corrected chi connectivity index (χ0v) is 42.4. The average molecular weight is 864 g/mol. The molecule has 0 aromatic heterocycles. The molecular weight excluding hydrogens is 759 g/mol. The molecule has 4 aliphatic carbocycles. The molecule has 1 aliphatic heterocycles. The number of ether oxygens (including phenoxy) is 3. The molecule has 0 amide bonds. The third-order valence-corrected chi connectivity index (χ3v) is 17.9. The monoisotopic (exact) mass is 864 g/mol. The Morgan fingerprint density at radius 3 is 1.92 bits per heavy atom. The van der Waals surface area contributed by atoms with Crippen LogP contribution in [0, 0.1) is 46.3 Å². The fourth-order valence-electron chi connectivity index (χ4n) is 14.0. The number of likely N-dealkylation sites (tertiary alicyclic amines) is 1. The number of hydrogen-bond acceptors (Lipinski definition) is 4. The van der Waals surface area contributed by atoms with Crippen LogP contribution in [0.25, 0.3) is 0 Å². The number of rotatable bonds is 34. The molecule has 4 heteroatoms. The smallest absolute Gasteiger partial charge is 0.0644 e. The van der Waals surface area contributed by atoms with Crippen LogP contribution >= 0.6 is 0 Å². The number of unbranched alkanes of at least 4 members (excludes halogenated alkanes) is 15. The van der Waals surface area contributed by atoms with E-state index >= 15 is 0 Å². The van der Waals surface area contributed by atoms with Crippen molar-refractivity contribution in [2.75, 3.05) is 46.1 Å². The highest BCUT2D eigenvalue weighted by Crippen LogP contribution is 2.67. The van der Waals surface area contributed by atoms with Crippen molar-refractivity contribution in [1.82, 2.24) is 4.90 Å². The van der Waals surface area contributed by atoms with Crippen LogP contribution in [-0.2, 0) is 14.2 Å². The maximum atomic E-state index is 6.62. The highest BCUT2D eigenvalue weighted by molar-refractivity contribution is 5.25. The molecule has 0 bridgehead atoms. The molecule has 4 fully saturated rings. The van der Waals surface area contributed by atoms with Crippen LogP contribution in [-0.4, -0.2) is 63.2 Å². The van der Waals surface area contributed by atoms with Crippen molar-refractivity contribution >= 4 is 0 Å². The van der Waals surface area contributed by atoms with Gasteiger partial charge in [0, 0.05) is 19.8 Å². The first-order chi connectivity index (χ1) is 30.3. The predicted octanol–water partition coefficient (Wildman–Crippen LogP) is 16.5. The van der Waals surface area contributed by atoms with Gasteiger partial charge < -0.3 is 14.2 Å². The molecule has 0 spiro atoms. The van der Waals surface area contributed by atoms with Gasteiger partial charge in [0.1, 0.15) is 0 Å². The lowest BCUT2D eigenvalue weighted by atomic mass is 9.47. The minimum atomic E-state index is 0.425. The second-order valence-corrected chi connectivity index (χ2v) is 22.9. The van der Waals surface area contributed by atoms with E-state index in [9.17, 15) is 0 Å². The van der Waals surface area contributed by atoms with Gasteiger partial charge in [-0.3, -0.25) is 4.90 Å². The Hall–Kier alpha value is -0.680. The third kappa shape index (κ3) is 16.6. The molecular formula is C58H105NO3. The summed E-state index contributed by atoms with van der Waals surface area (Å²) in [6.45, 7) is 21.9. The van der Waals surface area contributed by atoms with Crippen LogP contribution in [0.1, 0.15) is 241 Å². The highest BCUT2D eigenvalue weighted by atomic mass is 16.5. The van der Waals surface area contributed by atoms with E-state index in [4.69, 9.17) is 14.2 Å². The van der Waals surface area contributed by atoms with Crippen LogP contribution in [0.15, 0.2) is 23.8 Å². The molecule has 5 rings (SSSR count). The van der Waals surface area contributed by atoms with Gasteiger partial charge in [-0.2, -0.15) is 0 Å². The lowest BCUT2D eigenvalue weighted by Gasteiger charge is -2.58. The van der Waals surface area contributed by atoms with Crippen molar-refractivity contribution in [3.63, 3.8) is 0 Å². The summed E-state index contributed by atoms with van der Waals surface area (Å²) < 4.78 is 19.2. The molecule has 0 N–H and O–H groups in total. The lowest BCUT2D eigenvalue weighted by molar-refractivity contribution is -0.0641. The molecule has 0 radical (unpaired) electrons. The van der Waals surface area contributed by atoms with E-state index < -0.39 is 0 Å². The molecule has 5 aliphatic rings. The van der Waals surface area contributed by atoms with E-state index in [-0.39, 0.29) is 0 Å². The number of fused-ring (bicyclic) bond motifs is 5. The minimum absolute atomic E-state index is 0.425. The Bertz CT molecular complexity index is 1220. The Balaban J connectivity index is 0.863. The molecule has 1 saturated heterocycles. The van der Waals surface area contributed by atoms with Crippen LogP contribution in [0.4, 0.5) is 0 Å². The Morgan fingerprint density at radius 1 is 0.661 bits per heavy atom. The van der Waals surface area contributed by atoms with Crippen LogP contribution in [0.3, 0.4) is 0 Å². The fraction of sp³-hybridized carbons (Fsp3) is 0.931. The van der Waals surface area contributed by atoms with E-state index in [0.717, 1.165) is 75.0 Å². The topological polar surface area (TPSA) is 30.9 Å². The zero-order chi connectivity index (χ0) is 43.9. The first-order valence-electron chi connectivity index (χ1n) is 28.1. The van der Waals surface area contributed by atoms with Gasteiger partial charge in [0.25, 0.3) is 0 Å². The predicted molar refractivity (Wildman–Crippen MR) is 267 cm³/mol. The van der Waals surface area contributed by atoms with Crippen molar-refractivity contribution in [2.45, 2.75) is 253 Å². The standard InChI is InChI=1S/C58H105NO3/c1-7-8-9-10-11-12-13-14-15-16-17-18-19-20-21-26-42-60-46-51(59-40-24-25-41-59)47-61-43-27-22-23-28-44-62-52-36-38-57(5)50(45-52)32-33-53-55-35-34-54(49(4)31-29-30-48(2)3)58(55,6)39-37-56(53)57/h14-15,32,48-49,51-56H,7-13,16-31,33-47H2,1-6H3/b15-14-/t49-,51+,52+,53+,54?,55?,56?,57+,58-/m1/s1. The molecule has 360 valence electrons. The first kappa shape index (κ1) is 52.3. The summed E-state index contributed by atoms with van der Waals surface area (Å²) in [5.74, 6) is 5.49. The number of nitrogens with zero attached hydrogens (tertiary/aromatic N) is 1. The maximum absolute atomic E-state index is 6.62. The summed E-state index contributed by atoms with van der Waals surface area (Å²) in [5.41, 5.74) is 2.79. The van der Waals surface area contributed by atoms with Crippen LogP contribution in [0.2, 0.25) is 0 Å². The molecule has 3 unspecified atom stereocenters. The second-order valence-electron chi connectivity index (χ2n) is 22.9. The summed E-state index contributed by atoms with van der Waals surface area (Å²) >= 11 is 0. The first-order valence-corrected chi connectivity index (χ1v) is 28.1. The van der Waals surface area contributed by atoms with Gasteiger partial charge in [-0.1, -0.05) is 155 Å². The minimum Gasteiger partial charge on any atom is -0.380 e. The van der Waals surface area contributed by atoms with Gasteiger partial charge in [-0.15, -0.1) is 0 Å². The van der Waals surface area contributed by atoms with E-state index in [0.29, 0.717) is 23.0 Å².